The molecule has 0 saturated carbocycles. The monoisotopic (exact) mass is 204 g/mol. The highest BCUT2D eigenvalue weighted by atomic mass is 35.5. The predicted octanol–water partition coefficient (Wildman–Crippen LogP) is 0.555. The number of aryl methyl sites for hydroxylation is 1. The summed E-state index contributed by atoms with van der Waals surface area (Å²) in [5, 5.41) is 11.2. The van der Waals surface area contributed by atoms with E-state index in [-0.39, 0.29) is 10.7 Å². The Bertz CT molecular complexity index is 393. The molecular formula is C7H9ClN2O3. The molecule has 13 heavy (non-hydrogen) atoms. The molecule has 5 nitrogen and oxygen atoms in total. The van der Waals surface area contributed by atoms with Crippen LogP contribution in [0.3, 0.4) is 0 Å². The quantitative estimate of drug-likeness (QED) is 0.739. The molecule has 1 rings (SSSR count). The third-order valence-electron chi connectivity index (χ3n) is 1.82. The second-order valence-corrected chi connectivity index (χ2v) is 3.14. The number of nitrogens with zero attached hydrogens (tertiary/aromatic N) is 1. The van der Waals surface area contributed by atoms with Gasteiger partial charge in [-0.1, -0.05) is 11.6 Å². The number of aliphatic carboxylic acids is 1. The van der Waals surface area contributed by atoms with Crippen molar-refractivity contribution in [1.29, 1.82) is 0 Å². The molecule has 1 heterocycles. The van der Waals surface area contributed by atoms with Crippen LogP contribution in [-0.2, 0) is 11.8 Å². The second-order valence-electron chi connectivity index (χ2n) is 2.76. The molecule has 0 spiro atoms. The molecule has 1 aromatic heterocycles. The summed E-state index contributed by atoms with van der Waals surface area (Å²) in [4.78, 5) is 21.7. The van der Waals surface area contributed by atoms with Gasteiger partial charge in [0, 0.05) is 7.05 Å². The van der Waals surface area contributed by atoms with Crippen LogP contribution in [0.25, 0.3) is 0 Å². The maximum absolute atomic E-state index is 11.1. The van der Waals surface area contributed by atoms with Crippen molar-refractivity contribution in [3.05, 3.63) is 21.1 Å². The number of halogens is 1. The zero-order valence-electron chi connectivity index (χ0n) is 7.17. The van der Waals surface area contributed by atoms with Crippen molar-refractivity contribution < 1.29 is 9.90 Å². The molecule has 0 fully saturated rings. The molecule has 0 aliphatic heterocycles. The van der Waals surface area contributed by atoms with Crippen LogP contribution in [0.15, 0.2) is 4.79 Å². The van der Waals surface area contributed by atoms with E-state index in [1.165, 1.54) is 14.0 Å². The summed E-state index contributed by atoms with van der Waals surface area (Å²) in [5.74, 6) is -1.83. The van der Waals surface area contributed by atoms with Gasteiger partial charge >= 0.3 is 5.97 Å². The Morgan fingerprint density at radius 3 is 2.54 bits per heavy atom. The largest absolute Gasteiger partial charge is 0.481 e. The number of carboxylic acids is 1. The summed E-state index contributed by atoms with van der Waals surface area (Å²) in [6.07, 6.45) is 0. The fraction of sp³-hybridized carbons (Fsp3) is 0.429. The SMILES string of the molecule is CC(C(=O)O)c1[nH]n(C)c(=O)c1Cl. The minimum absolute atomic E-state index is 0.0580. The first kappa shape index (κ1) is 9.85. The maximum Gasteiger partial charge on any atom is 0.312 e. The van der Waals surface area contributed by atoms with E-state index in [0.29, 0.717) is 0 Å². The molecule has 1 aromatic rings. The average Bonchev–Trinajstić information content (AvgIpc) is 2.31. The second kappa shape index (κ2) is 3.26. The highest BCUT2D eigenvalue weighted by molar-refractivity contribution is 6.31. The molecule has 0 amide bonds. The zero-order chi connectivity index (χ0) is 10.2. The van der Waals surface area contributed by atoms with Gasteiger partial charge in [0.15, 0.2) is 0 Å². The Labute approximate surface area is 78.9 Å². The van der Waals surface area contributed by atoms with Crippen LogP contribution in [0.4, 0.5) is 0 Å². The van der Waals surface area contributed by atoms with Crippen LogP contribution in [0.2, 0.25) is 5.02 Å². The number of aromatic nitrogens is 2. The van der Waals surface area contributed by atoms with Crippen LogP contribution in [0.1, 0.15) is 18.5 Å². The van der Waals surface area contributed by atoms with Crippen LogP contribution in [0.5, 0.6) is 0 Å². The zero-order valence-corrected chi connectivity index (χ0v) is 7.92. The van der Waals surface area contributed by atoms with Gasteiger partial charge in [-0.3, -0.25) is 19.4 Å². The lowest BCUT2D eigenvalue weighted by molar-refractivity contribution is -0.138. The van der Waals surface area contributed by atoms with Crippen molar-refractivity contribution >= 4 is 17.6 Å². The standard InChI is InChI=1S/C7H9ClN2O3/c1-3(7(12)13)5-4(8)6(11)10(2)9-5/h3,9H,1-2H3,(H,12,13). The first-order valence-corrected chi connectivity index (χ1v) is 4.00. The van der Waals surface area contributed by atoms with E-state index < -0.39 is 17.4 Å². The number of aromatic amines is 1. The average molecular weight is 205 g/mol. The number of carboxylic acid groups (broad SMARTS) is 1. The molecule has 0 saturated heterocycles. The molecule has 6 heteroatoms. The molecule has 0 radical (unpaired) electrons. The Kier molecular flexibility index (Phi) is 2.47. The molecule has 0 aliphatic rings. The normalized spacial score (nSPS) is 12.8. The number of rotatable bonds is 2. The third-order valence-corrected chi connectivity index (χ3v) is 2.19. The van der Waals surface area contributed by atoms with E-state index in [1.54, 1.807) is 0 Å². The van der Waals surface area contributed by atoms with E-state index in [9.17, 15) is 9.59 Å². The Hall–Kier alpha value is -1.23. The van der Waals surface area contributed by atoms with Crippen molar-refractivity contribution in [2.75, 3.05) is 0 Å². The molecule has 0 aliphatic carbocycles. The van der Waals surface area contributed by atoms with Gasteiger partial charge in [0.1, 0.15) is 5.02 Å². The lowest BCUT2D eigenvalue weighted by Gasteiger charge is -2.02. The van der Waals surface area contributed by atoms with Gasteiger partial charge in [-0.05, 0) is 6.92 Å². The van der Waals surface area contributed by atoms with Gasteiger partial charge in [0.25, 0.3) is 5.56 Å². The molecule has 2 N–H and O–H groups in total. The first-order valence-electron chi connectivity index (χ1n) is 3.62. The molecule has 0 bridgehead atoms. The number of hydrogen-bond donors (Lipinski definition) is 2. The van der Waals surface area contributed by atoms with Gasteiger partial charge in [-0.25, -0.2) is 0 Å². The van der Waals surface area contributed by atoms with Crippen LogP contribution >= 0.6 is 11.6 Å². The molecule has 72 valence electrons. The number of H-pyrrole nitrogens is 1. The van der Waals surface area contributed by atoms with Gasteiger partial charge < -0.3 is 5.11 Å². The highest BCUT2D eigenvalue weighted by Gasteiger charge is 2.21. The summed E-state index contributed by atoms with van der Waals surface area (Å²) in [6.45, 7) is 1.46. The van der Waals surface area contributed by atoms with Crippen molar-refractivity contribution in [3.8, 4) is 0 Å². The minimum atomic E-state index is -1.02. The van der Waals surface area contributed by atoms with Gasteiger partial charge in [0.05, 0.1) is 11.6 Å². The fourth-order valence-corrected chi connectivity index (χ4v) is 1.29. The Morgan fingerprint density at radius 1 is 1.69 bits per heavy atom. The smallest absolute Gasteiger partial charge is 0.312 e. The highest BCUT2D eigenvalue weighted by Crippen LogP contribution is 2.18. The summed E-state index contributed by atoms with van der Waals surface area (Å²) in [7, 11) is 1.48. The number of hydrogen-bond acceptors (Lipinski definition) is 2. The van der Waals surface area contributed by atoms with Crippen molar-refractivity contribution in [2.24, 2.45) is 7.05 Å². The predicted molar refractivity (Wildman–Crippen MR) is 47.1 cm³/mol. The summed E-state index contributed by atoms with van der Waals surface area (Å²) < 4.78 is 1.15. The van der Waals surface area contributed by atoms with Crippen molar-refractivity contribution in [2.45, 2.75) is 12.8 Å². The molecule has 0 aromatic carbocycles. The topological polar surface area (TPSA) is 75.1 Å². The van der Waals surface area contributed by atoms with Crippen LogP contribution < -0.4 is 5.56 Å². The van der Waals surface area contributed by atoms with E-state index in [0.717, 1.165) is 4.68 Å². The fourth-order valence-electron chi connectivity index (χ4n) is 0.953. The summed E-state index contributed by atoms with van der Waals surface area (Å²) >= 11 is 5.63. The summed E-state index contributed by atoms with van der Waals surface area (Å²) in [6, 6.07) is 0. The van der Waals surface area contributed by atoms with Crippen molar-refractivity contribution in [3.63, 3.8) is 0 Å². The Balaban J connectivity index is 3.24. The summed E-state index contributed by atoms with van der Waals surface area (Å²) in [5.41, 5.74) is -0.175. The van der Waals surface area contributed by atoms with E-state index in [4.69, 9.17) is 16.7 Å². The lowest BCUT2D eigenvalue weighted by Crippen LogP contribution is -2.11. The molecule has 1 unspecified atom stereocenters. The van der Waals surface area contributed by atoms with E-state index in [1.807, 2.05) is 0 Å². The van der Waals surface area contributed by atoms with Gasteiger partial charge in [-0.15, -0.1) is 0 Å². The van der Waals surface area contributed by atoms with Crippen molar-refractivity contribution in [1.82, 2.24) is 9.78 Å². The van der Waals surface area contributed by atoms with Crippen LogP contribution in [0, 0.1) is 0 Å². The minimum Gasteiger partial charge on any atom is -0.481 e. The number of nitrogens with one attached hydrogen (secondary N) is 1. The molecular weight excluding hydrogens is 196 g/mol. The Morgan fingerprint density at radius 2 is 2.23 bits per heavy atom. The molecule has 1 atom stereocenters. The van der Waals surface area contributed by atoms with Gasteiger partial charge in [-0.2, -0.15) is 0 Å². The van der Waals surface area contributed by atoms with Gasteiger partial charge in [0.2, 0.25) is 0 Å². The maximum atomic E-state index is 11.1. The first-order chi connectivity index (χ1) is 5.95. The van der Waals surface area contributed by atoms with E-state index >= 15 is 0 Å². The van der Waals surface area contributed by atoms with Crippen LogP contribution in [-0.4, -0.2) is 20.9 Å². The number of carbonyl (C=O) groups is 1. The lowest BCUT2D eigenvalue weighted by atomic mass is 10.1. The van der Waals surface area contributed by atoms with E-state index in [2.05, 4.69) is 5.10 Å². The third kappa shape index (κ3) is 1.60.